The number of benzene rings is 2. The minimum atomic E-state index is -0.599. The number of hydrogen-bond donors (Lipinski definition) is 2. The Balaban J connectivity index is 1.41. The summed E-state index contributed by atoms with van der Waals surface area (Å²) in [5.41, 5.74) is 1.90. The first-order valence-corrected chi connectivity index (χ1v) is 9.56. The third kappa shape index (κ3) is 5.47. The molecule has 0 saturated carbocycles. The minimum absolute atomic E-state index is 0.0401. The zero-order valence-electron chi connectivity index (χ0n) is 15.0. The highest BCUT2D eigenvalue weighted by molar-refractivity contribution is 9.10. The van der Waals surface area contributed by atoms with Crippen LogP contribution in [0.2, 0.25) is 0 Å². The van der Waals surface area contributed by atoms with E-state index in [4.69, 9.17) is 9.47 Å². The number of aryl methyl sites for hydroxylation is 1. The van der Waals surface area contributed by atoms with Crippen LogP contribution in [0, 0.1) is 0 Å². The summed E-state index contributed by atoms with van der Waals surface area (Å²) in [6.45, 7) is 2.43. The third-order valence-corrected chi connectivity index (χ3v) is 4.67. The van der Waals surface area contributed by atoms with Crippen LogP contribution in [-0.2, 0) is 16.0 Å². The van der Waals surface area contributed by atoms with E-state index in [-0.39, 0.29) is 11.8 Å². The molecule has 6 nitrogen and oxygen atoms in total. The van der Waals surface area contributed by atoms with Gasteiger partial charge < -0.3 is 20.1 Å². The maximum Gasteiger partial charge on any atom is 0.260 e. The third-order valence-electron chi connectivity index (χ3n) is 4.14. The number of halogens is 1. The van der Waals surface area contributed by atoms with Crippen LogP contribution in [0.15, 0.2) is 46.9 Å². The van der Waals surface area contributed by atoms with Gasteiger partial charge in [0, 0.05) is 16.6 Å². The van der Waals surface area contributed by atoms with Crippen molar-refractivity contribution in [2.45, 2.75) is 25.9 Å². The van der Waals surface area contributed by atoms with E-state index in [9.17, 15) is 9.59 Å². The summed E-state index contributed by atoms with van der Waals surface area (Å²) < 4.78 is 12.2. The highest BCUT2D eigenvalue weighted by atomic mass is 79.9. The van der Waals surface area contributed by atoms with Gasteiger partial charge in [0.05, 0.1) is 6.54 Å². The van der Waals surface area contributed by atoms with Crippen molar-refractivity contribution in [2.24, 2.45) is 0 Å². The van der Waals surface area contributed by atoms with Gasteiger partial charge in [0.15, 0.2) is 6.10 Å². The zero-order chi connectivity index (χ0) is 19.2. The van der Waals surface area contributed by atoms with Crippen LogP contribution in [-0.4, -0.2) is 31.1 Å². The molecular formula is C20H21BrN2O4. The molecule has 1 unspecified atom stereocenters. The van der Waals surface area contributed by atoms with E-state index < -0.39 is 6.10 Å². The second kappa shape index (κ2) is 8.90. The molecule has 0 saturated heterocycles. The first kappa shape index (κ1) is 19.2. The van der Waals surface area contributed by atoms with Crippen molar-refractivity contribution in [3.8, 4) is 11.5 Å². The Morgan fingerprint density at radius 3 is 2.70 bits per heavy atom. The van der Waals surface area contributed by atoms with E-state index in [1.54, 1.807) is 19.1 Å². The molecule has 1 heterocycles. The van der Waals surface area contributed by atoms with Gasteiger partial charge in [-0.15, -0.1) is 0 Å². The number of hydrogen-bond acceptors (Lipinski definition) is 4. The average molecular weight is 433 g/mol. The molecule has 142 valence electrons. The lowest BCUT2D eigenvalue weighted by molar-refractivity contribution is -0.127. The van der Waals surface area contributed by atoms with Crippen molar-refractivity contribution in [3.63, 3.8) is 0 Å². The summed E-state index contributed by atoms with van der Waals surface area (Å²) in [5.74, 6) is 1.20. The standard InChI is InChI=1S/C20H21BrN2O4/c1-13(27-16-5-3-15(21)4-6-16)20(25)22-10-11-26-17-7-8-18-14(12-17)2-9-19(24)23-18/h3-8,12-13H,2,9-11H2,1H3,(H,22,25)(H,23,24). The second-order valence-electron chi connectivity index (χ2n) is 6.22. The van der Waals surface area contributed by atoms with Gasteiger partial charge in [-0.25, -0.2) is 0 Å². The molecule has 0 radical (unpaired) electrons. The normalized spacial score (nSPS) is 13.9. The molecule has 27 heavy (non-hydrogen) atoms. The highest BCUT2D eigenvalue weighted by Gasteiger charge is 2.16. The summed E-state index contributed by atoms with van der Waals surface area (Å²) in [5, 5.41) is 5.63. The van der Waals surface area contributed by atoms with Gasteiger partial charge in [0.1, 0.15) is 18.1 Å². The summed E-state index contributed by atoms with van der Waals surface area (Å²) >= 11 is 3.36. The Morgan fingerprint density at radius 1 is 1.19 bits per heavy atom. The molecule has 0 spiro atoms. The number of nitrogens with one attached hydrogen (secondary N) is 2. The van der Waals surface area contributed by atoms with E-state index in [1.807, 2.05) is 30.3 Å². The Morgan fingerprint density at radius 2 is 1.93 bits per heavy atom. The number of fused-ring (bicyclic) bond motifs is 1. The molecule has 2 aromatic carbocycles. The summed E-state index contributed by atoms with van der Waals surface area (Å²) in [7, 11) is 0. The number of rotatable bonds is 7. The van der Waals surface area contributed by atoms with Crippen molar-refractivity contribution >= 4 is 33.4 Å². The smallest absolute Gasteiger partial charge is 0.260 e. The van der Waals surface area contributed by atoms with Crippen LogP contribution >= 0.6 is 15.9 Å². The molecule has 2 N–H and O–H groups in total. The fraction of sp³-hybridized carbons (Fsp3) is 0.300. The number of ether oxygens (including phenoxy) is 2. The van der Waals surface area contributed by atoms with Crippen molar-refractivity contribution in [2.75, 3.05) is 18.5 Å². The fourth-order valence-corrected chi connectivity index (χ4v) is 2.97. The zero-order valence-corrected chi connectivity index (χ0v) is 16.5. The van der Waals surface area contributed by atoms with Gasteiger partial charge in [-0.1, -0.05) is 15.9 Å². The Bertz CT molecular complexity index is 823. The molecule has 0 aromatic heterocycles. The quantitative estimate of drug-likeness (QED) is 0.658. The molecule has 0 aliphatic carbocycles. The molecule has 1 aliphatic heterocycles. The van der Waals surface area contributed by atoms with Crippen molar-refractivity contribution in [3.05, 3.63) is 52.5 Å². The number of carbonyl (C=O) groups excluding carboxylic acids is 2. The monoisotopic (exact) mass is 432 g/mol. The van der Waals surface area contributed by atoms with Crippen LogP contribution < -0.4 is 20.1 Å². The van der Waals surface area contributed by atoms with Gasteiger partial charge in [0.2, 0.25) is 5.91 Å². The van der Waals surface area contributed by atoms with Crippen molar-refractivity contribution in [1.29, 1.82) is 0 Å². The van der Waals surface area contributed by atoms with Gasteiger partial charge in [-0.2, -0.15) is 0 Å². The van der Waals surface area contributed by atoms with Gasteiger partial charge in [-0.3, -0.25) is 9.59 Å². The van der Waals surface area contributed by atoms with E-state index >= 15 is 0 Å². The lowest BCUT2D eigenvalue weighted by atomic mass is 10.0. The molecule has 0 bridgehead atoms. The fourth-order valence-electron chi connectivity index (χ4n) is 2.71. The topological polar surface area (TPSA) is 76.7 Å². The molecular weight excluding hydrogens is 412 g/mol. The number of anilines is 1. The van der Waals surface area contributed by atoms with Crippen LogP contribution in [0.4, 0.5) is 5.69 Å². The van der Waals surface area contributed by atoms with Crippen LogP contribution in [0.5, 0.6) is 11.5 Å². The molecule has 1 atom stereocenters. The molecule has 3 rings (SSSR count). The molecule has 0 fully saturated rings. The van der Waals surface area contributed by atoms with Crippen LogP contribution in [0.3, 0.4) is 0 Å². The van der Waals surface area contributed by atoms with Crippen molar-refractivity contribution < 1.29 is 19.1 Å². The molecule has 7 heteroatoms. The predicted octanol–water partition coefficient (Wildman–Crippen LogP) is 3.30. The largest absolute Gasteiger partial charge is 0.492 e. The van der Waals surface area contributed by atoms with Crippen molar-refractivity contribution in [1.82, 2.24) is 5.32 Å². The van der Waals surface area contributed by atoms with E-state index in [0.29, 0.717) is 31.7 Å². The van der Waals surface area contributed by atoms with Crippen LogP contribution in [0.1, 0.15) is 18.9 Å². The molecule has 2 amide bonds. The summed E-state index contributed by atoms with van der Waals surface area (Å²) in [6, 6.07) is 12.9. The van der Waals surface area contributed by atoms with Gasteiger partial charge >= 0.3 is 0 Å². The average Bonchev–Trinajstić information content (AvgIpc) is 2.66. The maximum absolute atomic E-state index is 12.1. The first-order chi connectivity index (χ1) is 13.0. The second-order valence-corrected chi connectivity index (χ2v) is 7.14. The summed E-state index contributed by atoms with van der Waals surface area (Å²) in [4.78, 5) is 23.5. The Kier molecular flexibility index (Phi) is 6.34. The highest BCUT2D eigenvalue weighted by Crippen LogP contribution is 2.26. The minimum Gasteiger partial charge on any atom is -0.492 e. The summed E-state index contributed by atoms with van der Waals surface area (Å²) in [6.07, 6.45) is 0.599. The van der Waals surface area contributed by atoms with E-state index in [2.05, 4.69) is 26.6 Å². The van der Waals surface area contributed by atoms with Gasteiger partial charge in [-0.05, 0) is 61.4 Å². The van der Waals surface area contributed by atoms with Gasteiger partial charge in [0.25, 0.3) is 5.91 Å². The lowest BCUT2D eigenvalue weighted by Crippen LogP contribution is -2.38. The predicted molar refractivity (Wildman–Crippen MR) is 106 cm³/mol. The lowest BCUT2D eigenvalue weighted by Gasteiger charge is -2.18. The molecule has 1 aliphatic rings. The van der Waals surface area contributed by atoms with E-state index in [0.717, 1.165) is 21.5 Å². The Hall–Kier alpha value is -2.54. The molecule has 2 aromatic rings. The van der Waals surface area contributed by atoms with E-state index in [1.165, 1.54) is 0 Å². The maximum atomic E-state index is 12.1. The Labute approximate surface area is 166 Å². The number of carbonyl (C=O) groups is 2. The first-order valence-electron chi connectivity index (χ1n) is 8.77. The van der Waals surface area contributed by atoms with Crippen LogP contribution in [0.25, 0.3) is 0 Å². The SMILES string of the molecule is CC(Oc1ccc(Br)cc1)C(=O)NCCOc1ccc2c(c1)CCC(=O)N2. The number of amides is 2.